The quantitative estimate of drug-likeness (QED) is 0.570. The van der Waals surface area contributed by atoms with Gasteiger partial charge in [-0.05, 0) is 6.42 Å². The van der Waals surface area contributed by atoms with Crippen molar-refractivity contribution in [3.63, 3.8) is 0 Å². The average molecular weight is 124 g/mol. The second kappa shape index (κ2) is 2.49. The molecule has 0 heterocycles. The molecule has 1 unspecified atom stereocenters. The van der Waals surface area contributed by atoms with Gasteiger partial charge in [0.2, 0.25) is 0 Å². The molecule has 9 heavy (non-hydrogen) atoms. The number of allylic oxidation sites excluding steroid dienone is 3. The van der Waals surface area contributed by atoms with Crippen LogP contribution in [0.5, 0.6) is 0 Å². The molecule has 0 bridgehead atoms. The van der Waals surface area contributed by atoms with Crippen molar-refractivity contribution in [3.05, 3.63) is 24.3 Å². The highest BCUT2D eigenvalue weighted by atomic mass is 16.4. The number of carbonyl (C=O) groups is 1. The summed E-state index contributed by atoms with van der Waals surface area (Å²) < 4.78 is 0. The van der Waals surface area contributed by atoms with Gasteiger partial charge in [-0.1, -0.05) is 24.3 Å². The van der Waals surface area contributed by atoms with Gasteiger partial charge >= 0.3 is 5.97 Å². The Morgan fingerprint density at radius 2 is 2.33 bits per heavy atom. The molecule has 0 aliphatic heterocycles. The van der Waals surface area contributed by atoms with Gasteiger partial charge in [-0.2, -0.15) is 0 Å². The fraction of sp³-hybridized carbons (Fsp3) is 0.286. The Bertz CT molecular complexity index is 168. The minimum absolute atomic E-state index is 0.296. The highest BCUT2D eigenvalue weighted by Crippen LogP contribution is 2.10. The molecule has 0 radical (unpaired) electrons. The van der Waals surface area contributed by atoms with Crippen LogP contribution in [0.25, 0.3) is 0 Å². The number of carboxylic acid groups (broad SMARTS) is 1. The summed E-state index contributed by atoms with van der Waals surface area (Å²) in [4.78, 5) is 10.3. The van der Waals surface area contributed by atoms with Crippen molar-refractivity contribution < 1.29 is 9.90 Å². The Hall–Kier alpha value is -1.05. The first-order valence-electron chi connectivity index (χ1n) is 2.87. The maximum atomic E-state index is 10.3. The summed E-state index contributed by atoms with van der Waals surface area (Å²) in [6.07, 6.45) is 7.81. The number of hydrogen-bond donors (Lipinski definition) is 1. The third-order valence-corrected chi connectivity index (χ3v) is 1.30. The molecule has 1 atom stereocenters. The highest BCUT2D eigenvalue weighted by Gasteiger charge is 2.12. The monoisotopic (exact) mass is 124 g/mol. The minimum Gasteiger partial charge on any atom is -0.481 e. The molecule has 0 aromatic rings. The van der Waals surface area contributed by atoms with Crippen molar-refractivity contribution in [1.82, 2.24) is 0 Å². The van der Waals surface area contributed by atoms with Gasteiger partial charge < -0.3 is 5.11 Å². The molecule has 0 aromatic carbocycles. The van der Waals surface area contributed by atoms with Crippen LogP contribution in [0, 0.1) is 5.92 Å². The van der Waals surface area contributed by atoms with Gasteiger partial charge in [0.15, 0.2) is 0 Å². The van der Waals surface area contributed by atoms with E-state index in [4.69, 9.17) is 5.11 Å². The van der Waals surface area contributed by atoms with Crippen molar-refractivity contribution in [2.75, 3.05) is 0 Å². The smallest absolute Gasteiger partial charge is 0.310 e. The molecule has 0 spiro atoms. The third-order valence-electron chi connectivity index (χ3n) is 1.30. The molecule has 2 heteroatoms. The lowest BCUT2D eigenvalue weighted by Gasteiger charge is -2.04. The summed E-state index contributed by atoms with van der Waals surface area (Å²) in [5.74, 6) is -1.04. The molecule has 0 aromatic heterocycles. The van der Waals surface area contributed by atoms with E-state index in [1.807, 2.05) is 12.2 Å². The van der Waals surface area contributed by atoms with E-state index in [0.29, 0.717) is 6.42 Å². The Morgan fingerprint density at radius 1 is 1.56 bits per heavy atom. The average Bonchev–Trinajstić information content (AvgIpc) is 1.90. The first kappa shape index (κ1) is 6.08. The summed E-state index contributed by atoms with van der Waals surface area (Å²) in [7, 11) is 0. The van der Waals surface area contributed by atoms with Crippen LogP contribution in [0.4, 0.5) is 0 Å². The summed E-state index contributed by atoms with van der Waals surface area (Å²) in [5, 5.41) is 8.45. The predicted octanol–water partition coefficient (Wildman–Crippen LogP) is 1.20. The zero-order chi connectivity index (χ0) is 6.69. The van der Waals surface area contributed by atoms with Crippen LogP contribution in [0.2, 0.25) is 0 Å². The number of carboxylic acids is 1. The van der Waals surface area contributed by atoms with Crippen LogP contribution in [0.15, 0.2) is 24.3 Å². The van der Waals surface area contributed by atoms with Crippen molar-refractivity contribution in [2.24, 2.45) is 5.92 Å². The Kier molecular flexibility index (Phi) is 1.68. The van der Waals surface area contributed by atoms with Crippen molar-refractivity contribution in [2.45, 2.75) is 6.42 Å². The van der Waals surface area contributed by atoms with E-state index in [1.54, 1.807) is 12.2 Å². The molecule has 1 aliphatic carbocycles. The third kappa shape index (κ3) is 1.42. The zero-order valence-corrected chi connectivity index (χ0v) is 4.95. The molecule has 0 amide bonds. The number of rotatable bonds is 1. The standard InChI is InChI=1S/C7H8O2/c8-7(9)6-4-2-1-3-5-6/h1-4,6H,5H2,(H,8,9). The van der Waals surface area contributed by atoms with Crippen LogP contribution < -0.4 is 0 Å². The number of aliphatic carboxylic acids is 1. The van der Waals surface area contributed by atoms with Crippen molar-refractivity contribution in [1.29, 1.82) is 0 Å². The van der Waals surface area contributed by atoms with Gasteiger partial charge in [0, 0.05) is 0 Å². The molecular weight excluding hydrogens is 116 g/mol. The van der Waals surface area contributed by atoms with Crippen LogP contribution in [0.1, 0.15) is 6.42 Å². The van der Waals surface area contributed by atoms with Crippen molar-refractivity contribution in [3.8, 4) is 0 Å². The lowest BCUT2D eigenvalue weighted by molar-refractivity contribution is -0.139. The summed E-state index contributed by atoms with van der Waals surface area (Å²) in [6, 6.07) is 0. The van der Waals surface area contributed by atoms with Crippen LogP contribution >= 0.6 is 0 Å². The highest BCUT2D eigenvalue weighted by molar-refractivity contribution is 5.72. The van der Waals surface area contributed by atoms with E-state index in [9.17, 15) is 4.79 Å². The Morgan fingerprint density at radius 3 is 2.67 bits per heavy atom. The molecule has 1 rings (SSSR count). The second-order valence-electron chi connectivity index (χ2n) is 1.99. The van der Waals surface area contributed by atoms with E-state index in [1.165, 1.54) is 0 Å². The SMILES string of the molecule is O=C(O)C1C=CC=CC1. The second-order valence-corrected chi connectivity index (χ2v) is 1.99. The topological polar surface area (TPSA) is 37.3 Å². The molecule has 2 nitrogen and oxygen atoms in total. The molecule has 1 aliphatic rings. The largest absolute Gasteiger partial charge is 0.481 e. The Balaban J connectivity index is 2.56. The molecule has 0 saturated heterocycles. The maximum absolute atomic E-state index is 10.3. The molecule has 1 N–H and O–H groups in total. The first-order valence-corrected chi connectivity index (χ1v) is 2.87. The van der Waals surface area contributed by atoms with Crippen LogP contribution in [0.3, 0.4) is 0 Å². The van der Waals surface area contributed by atoms with Crippen molar-refractivity contribution >= 4 is 5.97 Å². The fourth-order valence-corrected chi connectivity index (χ4v) is 0.764. The minimum atomic E-state index is -0.740. The van der Waals surface area contributed by atoms with Gasteiger partial charge in [0.05, 0.1) is 5.92 Å². The normalized spacial score (nSPS) is 24.2. The van der Waals surface area contributed by atoms with Gasteiger partial charge in [-0.25, -0.2) is 0 Å². The lowest BCUT2D eigenvalue weighted by Crippen LogP contribution is -2.10. The molecule has 0 fully saturated rings. The fourth-order valence-electron chi connectivity index (χ4n) is 0.764. The van der Waals surface area contributed by atoms with Gasteiger partial charge in [0.1, 0.15) is 0 Å². The lowest BCUT2D eigenvalue weighted by atomic mass is 10.0. The molecule has 48 valence electrons. The molecular formula is C7H8O2. The molecule has 0 saturated carbocycles. The van der Waals surface area contributed by atoms with E-state index in [2.05, 4.69) is 0 Å². The number of hydrogen-bond acceptors (Lipinski definition) is 1. The summed E-state index contributed by atoms with van der Waals surface area (Å²) in [6.45, 7) is 0. The first-order chi connectivity index (χ1) is 4.30. The Labute approximate surface area is 53.5 Å². The predicted molar refractivity (Wildman–Crippen MR) is 34.0 cm³/mol. The summed E-state index contributed by atoms with van der Waals surface area (Å²) >= 11 is 0. The van der Waals surface area contributed by atoms with Gasteiger partial charge in [0.25, 0.3) is 0 Å². The van der Waals surface area contributed by atoms with E-state index in [0.717, 1.165) is 0 Å². The van der Waals surface area contributed by atoms with Gasteiger partial charge in [-0.15, -0.1) is 0 Å². The van der Waals surface area contributed by atoms with E-state index < -0.39 is 5.97 Å². The van der Waals surface area contributed by atoms with E-state index in [-0.39, 0.29) is 5.92 Å². The van der Waals surface area contributed by atoms with Crippen LogP contribution in [-0.2, 0) is 4.79 Å². The van der Waals surface area contributed by atoms with E-state index >= 15 is 0 Å². The summed E-state index contributed by atoms with van der Waals surface area (Å²) in [5.41, 5.74) is 0. The maximum Gasteiger partial charge on any atom is 0.310 e. The zero-order valence-electron chi connectivity index (χ0n) is 4.95. The van der Waals surface area contributed by atoms with Crippen LogP contribution in [-0.4, -0.2) is 11.1 Å². The van der Waals surface area contributed by atoms with Gasteiger partial charge in [-0.3, -0.25) is 4.79 Å².